The van der Waals surface area contributed by atoms with Gasteiger partial charge >= 0.3 is 5.97 Å². The summed E-state index contributed by atoms with van der Waals surface area (Å²) in [6.07, 6.45) is 1.09. The summed E-state index contributed by atoms with van der Waals surface area (Å²) < 4.78 is 4.58. The Labute approximate surface area is 74.3 Å². The fraction of sp³-hybridized carbons (Fsp3) is 0.889. The molecule has 0 aliphatic heterocycles. The van der Waals surface area contributed by atoms with E-state index in [0.29, 0.717) is 12.3 Å². The van der Waals surface area contributed by atoms with Crippen molar-refractivity contribution in [2.24, 2.45) is 11.7 Å². The van der Waals surface area contributed by atoms with Gasteiger partial charge in [0, 0.05) is 5.54 Å². The zero-order valence-corrected chi connectivity index (χ0v) is 8.39. The fourth-order valence-electron chi connectivity index (χ4n) is 1.08. The quantitative estimate of drug-likeness (QED) is 0.652. The molecule has 12 heavy (non-hydrogen) atoms. The predicted molar refractivity (Wildman–Crippen MR) is 48.7 cm³/mol. The summed E-state index contributed by atoms with van der Waals surface area (Å²) in [6.45, 7) is 6.03. The maximum absolute atomic E-state index is 11.0. The topological polar surface area (TPSA) is 52.3 Å². The first-order valence-corrected chi connectivity index (χ1v) is 4.32. The van der Waals surface area contributed by atoms with E-state index in [2.05, 4.69) is 4.74 Å². The molecule has 3 heteroatoms. The van der Waals surface area contributed by atoms with E-state index in [-0.39, 0.29) is 5.97 Å². The molecule has 0 amide bonds. The van der Waals surface area contributed by atoms with Gasteiger partial charge in [-0.2, -0.15) is 0 Å². The number of hydrogen-bond donors (Lipinski definition) is 1. The van der Waals surface area contributed by atoms with Crippen LogP contribution in [0.15, 0.2) is 0 Å². The van der Waals surface area contributed by atoms with Crippen molar-refractivity contribution in [3.05, 3.63) is 0 Å². The summed E-state index contributed by atoms with van der Waals surface area (Å²) in [5, 5.41) is 0. The molecule has 0 heterocycles. The molecule has 0 bridgehead atoms. The summed E-state index contributed by atoms with van der Waals surface area (Å²) in [6, 6.07) is 0. The largest absolute Gasteiger partial charge is 0.469 e. The van der Waals surface area contributed by atoms with Gasteiger partial charge in [-0.25, -0.2) is 0 Å². The second-order valence-electron chi connectivity index (χ2n) is 3.49. The molecule has 0 aromatic heterocycles. The number of ether oxygens (including phenoxy) is 1. The summed E-state index contributed by atoms with van der Waals surface area (Å²) in [5.74, 6) is 0.0645. The number of hydrogen-bond acceptors (Lipinski definition) is 3. The third-order valence-electron chi connectivity index (χ3n) is 2.51. The Morgan fingerprint density at radius 3 is 2.33 bits per heavy atom. The Balaban J connectivity index is 4.23. The summed E-state index contributed by atoms with van der Waals surface area (Å²) in [7, 11) is 1.39. The van der Waals surface area contributed by atoms with Gasteiger partial charge in [-0.05, 0) is 12.3 Å². The standard InChI is InChI=1S/C9H19NO2/c1-5-9(10,7(2)3)6-8(11)12-4/h7H,5-6,10H2,1-4H3. The lowest BCUT2D eigenvalue weighted by atomic mass is 9.82. The lowest BCUT2D eigenvalue weighted by molar-refractivity contribution is -0.142. The van der Waals surface area contributed by atoms with Gasteiger partial charge in [0.2, 0.25) is 0 Å². The Morgan fingerprint density at radius 2 is 2.08 bits per heavy atom. The zero-order valence-electron chi connectivity index (χ0n) is 8.39. The van der Waals surface area contributed by atoms with E-state index in [1.807, 2.05) is 20.8 Å². The van der Waals surface area contributed by atoms with Crippen LogP contribution in [0.1, 0.15) is 33.6 Å². The van der Waals surface area contributed by atoms with Crippen LogP contribution in [0.25, 0.3) is 0 Å². The highest BCUT2D eigenvalue weighted by Crippen LogP contribution is 2.22. The number of methoxy groups -OCH3 is 1. The van der Waals surface area contributed by atoms with Gasteiger partial charge in [-0.15, -0.1) is 0 Å². The van der Waals surface area contributed by atoms with E-state index in [9.17, 15) is 4.79 Å². The first kappa shape index (κ1) is 11.4. The summed E-state index contributed by atoms with van der Waals surface area (Å²) >= 11 is 0. The molecule has 1 atom stereocenters. The highest BCUT2D eigenvalue weighted by atomic mass is 16.5. The average molecular weight is 173 g/mol. The van der Waals surface area contributed by atoms with Gasteiger partial charge < -0.3 is 10.5 Å². The highest BCUT2D eigenvalue weighted by Gasteiger charge is 2.30. The fourth-order valence-corrected chi connectivity index (χ4v) is 1.08. The minimum atomic E-state index is -0.410. The maximum atomic E-state index is 11.0. The molecule has 0 saturated heterocycles. The summed E-state index contributed by atoms with van der Waals surface area (Å²) in [4.78, 5) is 11.0. The van der Waals surface area contributed by atoms with Gasteiger partial charge in [0.15, 0.2) is 0 Å². The van der Waals surface area contributed by atoms with Crippen molar-refractivity contribution in [2.45, 2.75) is 39.2 Å². The van der Waals surface area contributed by atoms with Crippen LogP contribution in [0.5, 0.6) is 0 Å². The molecule has 0 aliphatic rings. The second kappa shape index (κ2) is 4.45. The average Bonchev–Trinajstić information content (AvgIpc) is 2.03. The van der Waals surface area contributed by atoms with Crippen molar-refractivity contribution < 1.29 is 9.53 Å². The van der Waals surface area contributed by atoms with Gasteiger partial charge in [-0.1, -0.05) is 20.8 Å². The molecule has 0 aromatic rings. The minimum absolute atomic E-state index is 0.229. The molecule has 0 fully saturated rings. The van der Waals surface area contributed by atoms with Crippen LogP contribution in [-0.4, -0.2) is 18.6 Å². The number of carbonyl (C=O) groups excluding carboxylic acids is 1. The summed E-state index contributed by atoms with van der Waals surface area (Å²) in [5.41, 5.74) is 5.61. The molecular weight excluding hydrogens is 154 g/mol. The molecule has 3 nitrogen and oxygen atoms in total. The van der Waals surface area contributed by atoms with E-state index in [4.69, 9.17) is 5.73 Å². The molecule has 0 aliphatic carbocycles. The number of nitrogens with two attached hydrogens (primary N) is 1. The van der Waals surface area contributed by atoms with Crippen molar-refractivity contribution in [2.75, 3.05) is 7.11 Å². The van der Waals surface area contributed by atoms with Crippen LogP contribution in [0, 0.1) is 5.92 Å². The number of rotatable bonds is 4. The maximum Gasteiger partial charge on any atom is 0.307 e. The Hall–Kier alpha value is -0.570. The third kappa shape index (κ3) is 2.81. The van der Waals surface area contributed by atoms with Crippen molar-refractivity contribution in [1.29, 1.82) is 0 Å². The molecule has 2 N–H and O–H groups in total. The second-order valence-corrected chi connectivity index (χ2v) is 3.49. The molecule has 0 rings (SSSR count). The predicted octanol–water partition coefficient (Wildman–Crippen LogP) is 1.31. The van der Waals surface area contributed by atoms with E-state index in [1.165, 1.54) is 7.11 Å². The van der Waals surface area contributed by atoms with Crippen LogP contribution < -0.4 is 5.73 Å². The van der Waals surface area contributed by atoms with Crippen LogP contribution in [0.3, 0.4) is 0 Å². The van der Waals surface area contributed by atoms with Gasteiger partial charge in [-0.3, -0.25) is 4.79 Å². The molecule has 0 spiro atoms. The third-order valence-corrected chi connectivity index (χ3v) is 2.51. The lowest BCUT2D eigenvalue weighted by Crippen LogP contribution is -2.46. The number of carbonyl (C=O) groups is 1. The molecule has 0 radical (unpaired) electrons. The van der Waals surface area contributed by atoms with Crippen molar-refractivity contribution >= 4 is 5.97 Å². The van der Waals surface area contributed by atoms with Crippen LogP contribution in [0.4, 0.5) is 0 Å². The van der Waals surface area contributed by atoms with E-state index in [1.54, 1.807) is 0 Å². The van der Waals surface area contributed by atoms with Gasteiger partial charge in [0.1, 0.15) is 0 Å². The van der Waals surface area contributed by atoms with Crippen LogP contribution in [-0.2, 0) is 9.53 Å². The normalized spacial score (nSPS) is 15.8. The SMILES string of the molecule is CCC(N)(CC(=O)OC)C(C)C. The Morgan fingerprint density at radius 1 is 1.58 bits per heavy atom. The van der Waals surface area contributed by atoms with E-state index < -0.39 is 5.54 Å². The Bertz CT molecular complexity index is 157. The van der Waals surface area contributed by atoms with Crippen LogP contribution in [0.2, 0.25) is 0 Å². The lowest BCUT2D eigenvalue weighted by Gasteiger charge is -2.31. The number of esters is 1. The molecule has 72 valence electrons. The molecule has 1 unspecified atom stereocenters. The Kier molecular flexibility index (Phi) is 4.24. The molecule has 0 saturated carbocycles. The van der Waals surface area contributed by atoms with Crippen molar-refractivity contribution in [1.82, 2.24) is 0 Å². The van der Waals surface area contributed by atoms with Gasteiger partial charge in [0.05, 0.1) is 13.5 Å². The monoisotopic (exact) mass is 173 g/mol. The van der Waals surface area contributed by atoms with Crippen molar-refractivity contribution in [3.63, 3.8) is 0 Å². The smallest absolute Gasteiger partial charge is 0.307 e. The highest BCUT2D eigenvalue weighted by molar-refractivity contribution is 5.70. The van der Waals surface area contributed by atoms with E-state index >= 15 is 0 Å². The van der Waals surface area contributed by atoms with Gasteiger partial charge in [0.25, 0.3) is 0 Å². The first-order chi connectivity index (χ1) is 5.46. The first-order valence-electron chi connectivity index (χ1n) is 4.32. The minimum Gasteiger partial charge on any atom is -0.469 e. The molecule has 0 aromatic carbocycles. The molecular formula is C9H19NO2. The van der Waals surface area contributed by atoms with Crippen LogP contribution >= 0.6 is 0 Å². The van der Waals surface area contributed by atoms with E-state index in [0.717, 1.165) is 6.42 Å². The zero-order chi connectivity index (χ0) is 9.78. The van der Waals surface area contributed by atoms with Crippen molar-refractivity contribution in [3.8, 4) is 0 Å².